The standard InChI is InChI=1S/C12H12N2O/c13-10-5-6-14-11(8-10)7-9-3-1-2-4-12(9)15/h1-8,14-15H,13H2. The highest BCUT2D eigenvalue weighted by atomic mass is 16.3. The third kappa shape index (κ3) is 2.20. The summed E-state index contributed by atoms with van der Waals surface area (Å²) in [6, 6.07) is 7.15. The number of phenolic OH excluding ortho intramolecular Hbond substituents is 1. The van der Waals surface area contributed by atoms with Gasteiger partial charge in [-0.25, -0.2) is 0 Å². The van der Waals surface area contributed by atoms with Crippen LogP contribution in [-0.2, 0) is 0 Å². The van der Waals surface area contributed by atoms with E-state index >= 15 is 0 Å². The second kappa shape index (κ2) is 3.92. The number of hydrogen-bond acceptors (Lipinski definition) is 3. The smallest absolute Gasteiger partial charge is 0.122 e. The van der Waals surface area contributed by atoms with E-state index in [0.717, 1.165) is 11.3 Å². The molecule has 1 heterocycles. The predicted octanol–water partition coefficient (Wildman–Crippen LogP) is 1.69. The number of allylic oxidation sites excluding steroid dienone is 2. The first-order valence-corrected chi connectivity index (χ1v) is 4.66. The third-order valence-corrected chi connectivity index (χ3v) is 2.10. The van der Waals surface area contributed by atoms with Crippen LogP contribution >= 0.6 is 0 Å². The number of hydrogen-bond donors (Lipinski definition) is 3. The van der Waals surface area contributed by atoms with Gasteiger partial charge in [-0.15, -0.1) is 0 Å². The Morgan fingerprint density at radius 1 is 1.27 bits per heavy atom. The molecule has 2 rings (SSSR count). The zero-order valence-corrected chi connectivity index (χ0v) is 8.14. The van der Waals surface area contributed by atoms with Crippen molar-refractivity contribution in [3.05, 3.63) is 59.6 Å². The number of nitrogens with two attached hydrogens (primary N) is 1. The molecule has 0 fully saturated rings. The van der Waals surface area contributed by atoms with Gasteiger partial charge in [-0.05, 0) is 24.3 Å². The number of nitrogens with one attached hydrogen (secondary N) is 1. The van der Waals surface area contributed by atoms with E-state index in [0.29, 0.717) is 5.70 Å². The second-order valence-electron chi connectivity index (χ2n) is 3.28. The second-order valence-corrected chi connectivity index (χ2v) is 3.28. The van der Waals surface area contributed by atoms with Crippen LogP contribution in [0.25, 0.3) is 6.08 Å². The van der Waals surface area contributed by atoms with Crippen LogP contribution in [0.5, 0.6) is 5.75 Å². The lowest BCUT2D eigenvalue weighted by Gasteiger charge is -2.08. The molecule has 0 spiro atoms. The number of rotatable bonds is 1. The summed E-state index contributed by atoms with van der Waals surface area (Å²) in [6.45, 7) is 0. The van der Waals surface area contributed by atoms with Gasteiger partial charge in [-0.1, -0.05) is 18.2 Å². The van der Waals surface area contributed by atoms with Gasteiger partial charge < -0.3 is 16.2 Å². The van der Waals surface area contributed by atoms with E-state index < -0.39 is 0 Å². The Kier molecular flexibility index (Phi) is 2.46. The van der Waals surface area contributed by atoms with Gasteiger partial charge in [0.05, 0.1) is 0 Å². The molecule has 0 aromatic heterocycles. The van der Waals surface area contributed by atoms with Crippen LogP contribution in [-0.4, -0.2) is 5.11 Å². The first kappa shape index (κ1) is 9.40. The van der Waals surface area contributed by atoms with Crippen LogP contribution in [0, 0.1) is 0 Å². The van der Waals surface area contributed by atoms with Crippen LogP contribution < -0.4 is 11.1 Å². The van der Waals surface area contributed by atoms with Gasteiger partial charge in [0.1, 0.15) is 5.75 Å². The minimum Gasteiger partial charge on any atom is -0.507 e. The van der Waals surface area contributed by atoms with Crippen molar-refractivity contribution in [1.82, 2.24) is 5.32 Å². The Bertz CT molecular complexity index is 458. The molecule has 0 atom stereocenters. The highest BCUT2D eigenvalue weighted by Crippen LogP contribution is 2.19. The Hall–Kier alpha value is -2.16. The normalized spacial score (nSPS) is 17.3. The van der Waals surface area contributed by atoms with E-state index in [-0.39, 0.29) is 5.75 Å². The van der Waals surface area contributed by atoms with Crippen molar-refractivity contribution in [1.29, 1.82) is 0 Å². The highest BCUT2D eigenvalue weighted by molar-refractivity contribution is 5.62. The van der Waals surface area contributed by atoms with Gasteiger partial charge in [-0.2, -0.15) is 0 Å². The van der Waals surface area contributed by atoms with Crippen molar-refractivity contribution in [3.63, 3.8) is 0 Å². The van der Waals surface area contributed by atoms with Crippen LogP contribution in [0.3, 0.4) is 0 Å². The van der Waals surface area contributed by atoms with Crippen LogP contribution in [0.15, 0.2) is 54.0 Å². The summed E-state index contributed by atoms with van der Waals surface area (Å²) < 4.78 is 0. The first-order chi connectivity index (χ1) is 7.25. The molecule has 0 bridgehead atoms. The fourth-order valence-electron chi connectivity index (χ4n) is 1.36. The number of para-hydroxylation sites is 1. The minimum absolute atomic E-state index is 0.258. The average molecular weight is 200 g/mol. The average Bonchev–Trinajstić information content (AvgIpc) is 2.22. The number of benzene rings is 1. The lowest BCUT2D eigenvalue weighted by molar-refractivity contribution is 0.474. The summed E-state index contributed by atoms with van der Waals surface area (Å²) in [5, 5.41) is 12.6. The summed E-state index contributed by atoms with van der Waals surface area (Å²) in [6.07, 6.45) is 7.20. The number of dihydropyridines is 1. The molecule has 4 N–H and O–H groups in total. The molecule has 3 nitrogen and oxygen atoms in total. The largest absolute Gasteiger partial charge is 0.507 e. The maximum Gasteiger partial charge on any atom is 0.122 e. The SMILES string of the molecule is NC1=CC(=Cc2ccccc2O)NC=C1. The Labute approximate surface area is 88.2 Å². The van der Waals surface area contributed by atoms with Gasteiger partial charge >= 0.3 is 0 Å². The molecule has 76 valence electrons. The molecular weight excluding hydrogens is 188 g/mol. The van der Waals surface area contributed by atoms with E-state index in [1.165, 1.54) is 0 Å². The van der Waals surface area contributed by atoms with Gasteiger partial charge in [-0.3, -0.25) is 0 Å². The van der Waals surface area contributed by atoms with Gasteiger partial charge in [0.15, 0.2) is 0 Å². The lowest BCUT2D eigenvalue weighted by atomic mass is 10.1. The molecule has 0 saturated heterocycles. The third-order valence-electron chi connectivity index (χ3n) is 2.10. The molecule has 1 aliphatic rings. The molecule has 1 aromatic carbocycles. The highest BCUT2D eigenvalue weighted by Gasteiger charge is 2.00. The molecule has 0 aliphatic carbocycles. The molecular formula is C12H12N2O. The summed E-state index contributed by atoms with van der Waals surface area (Å²) in [4.78, 5) is 0. The van der Waals surface area contributed by atoms with E-state index in [9.17, 15) is 5.11 Å². The van der Waals surface area contributed by atoms with Crippen molar-refractivity contribution in [2.75, 3.05) is 0 Å². The quantitative estimate of drug-likeness (QED) is 0.646. The Morgan fingerprint density at radius 3 is 2.80 bits per heavy atom. The molecule has 3 heteroatoms. The van der Waals surface area contributed by atoms with Gasteiger partial charge in [0.2, 0.25) is 0 Å². The van der Waals surface area contributed by atoms with Crippen LogP contribution in [0.4, 0.5) is 0 Å². The van der Waals surface area contributed by atoms with Gasteiger partial charge in [0, 0.05) is 23.2 Å². The van der Waals surface area contributed by atoms with Crippen molar-refractivity contribution < 1.29 is 5.11 Å². The Balaban J connectivity index is 2.32. The van der Waals surface area contributed by atoms with E-state index in [1.54, 1.807) is 24.4 Å². The first-order valence-electron chi connectivity index (χ1n) is 4.66. The molecule has 0 radical (unpaired) electrons. The van der Waals surface area contributed by atoms with Gasteiger partial charge in [0.25, 0.3) is 0 Å². The maximum atomic E-state index is 9.56. The van der Waals surface area contributed by atoms with Crippen LogP contribution in [0.1, 0.15) is 5.56 Å². The molecule has 0 saturated carbocycles. The van der Waals surface area contributed by atoms with Crippen molar-refractivity contribution in [3.8, 4) is 5.75 Å². The molecule has 15 heavy (non-hydrogen) atoms. The zero-order valence-electron chi connectivity index (χ0n) is 8.14. The molecule has 0 amide bonds. The fraction of sp³-hybridized carbons (Fsp3) is 0. The number of aromatic hydroxyl groups is 1. The summed E-state index contributed by atoms with van der Waals surface area (Å²) in [7, 11) is 0. The Morgan fingerprint density at radius 2 is 2.07 bits per heavy atom. The van der Waals surface area contributed by atoms with Crippen molar-refractivity contribution in [2.45, 2.75) is 0 Å². The maximum absolute atomic E-state index is 9.56. The topological polar surface area (TPSA) is 58.3 Å². The van der Waals surface area contributed by atoms with E-state index in [4.69, 9.17) is 5.73 Å². The predicted molar refractivity (Wildman–Crippen MR) is 60.6 cm³/mol. The molecule has 1 aromatic rings. The fourth-order valence-corrected chi connectivity index (χ4v) is 1.36. The summed E-state index contributed by atoms with van der Waals surface area (Å²) in [5.74, 6) is 0.258. The molecule has 1 aliphatic heterocycles. The summed E-state index contributed by atoms with van der Waals surface area (Å²) in [5.41, 5.74) is 7.96. The van der Waals surface area contributed by atoms with Crippen LogP contribution in [0.2, 0.25) is 0 Å². The number of phenols is 1. The zero-order chi connectivity index (χ0) is 10.7. The van der Waals surface area contributed by atoms with Crippen molar-refractivity contribution >= 4 is 6.08 Å². The minimum atomic E-state index is 0.258. The van der Waals surface area contributed by atoms with Crippen molar-refractivity contribution in [2.24, 2.45) is 5.73 Å². The monoisotopic (exact) mass is 200 g/mol. The van der Waals surface area contributed by atoms with E-state index in [2.05, 4.69) is 5.32 Å². The lowest BCUT2D eigenvalue weighted by Crippen LogP contribution is -2.10. The summed E-state index contributed by atoms with van der Waals surface area (Å²) >= 11 is 0. The molecule has 0 unspecified atom stereocenters. The van der Waals surface area contributed by atoms with E-state index in [1.807, 2.05) is 24.3 Å².